The van der Waals surface area contributed by atoms with Gasteiger partial charge in [0, 0.05) is 30.6 Å². The third kappa shape index (κ3) is 4.56. The molecule has 3 heterocycles. The molecular weight excluding hydrogens is 386 g/mol. The highest BCUT2D eigenvalue weighted by atomic mass is 32.1. The first-order chi connectivity index (χ1) is 14.1. The van der Waals surface area contributed by atoms with Crippen LogP contribution in [-0.4, -0.2) is 34.8 Å². The highest BCUT2D eigenvalue weighted by Gasteiger charge is 2.29. The lowest BCUT2D eigenvalue weighted by molar-refractivity contribution is -0.126. The zero-order chi connectivity index (χ0) is 20.2. The van der Waals surface area contributed by atoms with Crippen LogP contribution in [0.15, 0.2) is 52.5 Å². The lowest BCUT2D eigenvalue weighted by Gasteiger charge is -2.31. The van der Waals surface area contributed by atoms with E-state index in [0.717, 1.165) is 34.7 Å². The maximum absolute atomic E-state index is 12.6. The molecule has 1 aliphatic heterocycles. The van der Waals surface area contributed by atoms with Crippen LogP contribution in [0.1, 0.15) is 34.0 Å². The largest absolute Gasteiger partial charge is 0.459 e. The normalized spacial score (nSPS) is 16.6. The van der Waals surface area contributed by atoms with E-state index in [9.17, 15) is 9.59 Å². The Morgan fingerprint density at radius 2 is 2.10 bits per heavy atom. The number of likely N-dealkylation sites (tertiary alicyclic amines) is 1. The Morgan fingerprint density at radius 3 is 2.79 bits per heavy atom. The highest BCUT2D eigenvalue weighted by molar-refractivity contribution is 7.09. The number of aryl methyl sites for hydroxylation is 1. The van der Waals surface area contributed by atoms with Crippen molar-refractivity contribution in [1.29, 1.82) is 0 Å². The summed E-state index contributed by atoms with van der Waals surface area (Å²) < 4.78 is 5.20. The molecule has 29 heavy (non-hydrogen) atoms. The van der Waals surface area contributed by atoms with Crippen LogP contribution >= 0.6 is 11.3 Å². The van der Waals surface area contributed by atoms with Gasteiger partial charge in [-0.3, -0.25) is 9.59 Å². The molecule has 2 aromatic heterocycles. The first kappa shape index (κ1) is 19.4. The van der Waals surface area contributed by atoms with Crippen molar-refractivity contribution >= 4 is 23.2 Å². The number of nitrogens with one attached hydrogen (secondary N) is 1. The number of hydrogen-bond acceptors (Lipinski definition) is 5. The van der Waals surface area contributed by atoms with Crippen LogP contribution in [0.3, 0.4) is 0 Å². The van der Waals surface area contributed by atoms with E-state index < -0.39 is 0 Å². The number of piperidine rings is 1. The lowest BCUT2D eigenvalue weighted by atomic mass is 9.96. The molecule has 6 nitrogen and oxygen atoms in total. The third-order valence-corrected chi connectivity index (χ3v) is 5.92. The molecule has 1 aliphatic rings. The number of rotatable bonds is 5. The van der Waals surface area contributed by atoms with Gasteiger partial charge in [0.2, 0.25) is 5.91 Å². The molecule has 150 valence electrons. The van der Waals surface area contributed by atoms with Gasteiger partial charge in [-0.15, -0.1) is 11.3 Å². The van der Waals surface area contributed by atoms with E-state index in [2.05, 4.69) is 10.3 Å². The van der Waals surface area contributed by atoms with Crippen molar-refractivity contribution < 1.29 is 14.0 Å². The summed E-state index contributed by atoms with van der Waals surface area (Å²) in [6, 6.07) is 11.4. The zero-order valence-corrected chi connectivity index (χ0v) is 17.1. The molecule has 0 unspecified atom stereocenters. The molecule has 3 aromatic rings. The number of amides is 2. The molecule has 4 rings (SSSR count). The summed E-state index contributed by atoms with van der Waals surface area (Å²) in [5.74, 6) is -0.0390. The summed E-state index contributed by atoms with van der Waals surface area (Å²) in [6.07, 6.45) is 3.09. The van der Waals surface area contributed by atoms with Crippen LogP contribution in [0.25, 0.3) is 11.3 Å². The van der Waals surface area contributed by atoms with E-state index in [-0.39, 0.29) is 17.7 Å². The van der Waals surface area contributed by atoms with Gasteiger partial charge in [-0.05, 0) is 37.5 Å². The van der Waals surface area contributed by atoms with Gasteiger partial charge in [-0.2, -0.15) is 0 Å². The SMILES string of the molecule is Cc1nc(-c2ccc(CNC(=O)[C@H]3CCCN(C(=O)c4ccco4)C3)cc2)cs1. The minimum absolute atomic E-state index is 0.0128. The first-order valence-corrected chi connectivity index (χ1v) is 10.6. The molecular formula is C22H23N3O3S. The monoisotopic (exact) mass is 409 g/mol. The maximum atomic E-state index is 12.6. The second-order valence-electron chi connectivity index (χ2n) is 7.23. The Hall–Kier alpha value is -2.93. The first-order valence-electron chi connectivity index (χ1n) is 9.72. The quantitative estimate of drug-likeness (QED) is 0.694. The molecule has 1 atom stereocenters. The number of benzene rings is 1. The van der Waals surface area contributed by atoms with Crippen molar-refractivity contribution in [2.24, 2.45) is 5.92 Å². The number of thiazole rings is 1. The van der Waals surface area contributed by atoms with E-state index in [1.54, 1.807) is 28.4 Å². The van der Waals surface area contributed by atoms with Crippen LogP contribution in [0, 0.1) is 12.8 Å². The van der Waals surface area contributed by atoms with E-state index in [1.165, 1.54) is 6.26 Å². The molecule has 0 aliphatic carbocycles. The minimum Gasteiger partial charge on any atom is -0.459 e. The number of aromatic nitrogens is 1. The smallest absolute Gasteiger partial charge is 0.289 e. The summed E-state index contributed by atoms with van der Waals surface area (Å²) in [5, 5.41) is 6.10. The fourth-order valence-electron chi connectivity index (χ4n) is 3.55. The van der Waals surface area contributed by atoms with Crippen molar-refractivity contribution in [3.8, 4) is 11.3 Å². The lowest BCUT2D eigenvalue weighted by Crippen LogP contribution is -2.45. The van der Waals surface area contributed by atoms with Crippen LogP contribution in [0.4, 0.5) is 0 Å². The van der Waals surface area contributed by atoms with Crippen molar-refractivity contribution in [2.45, 2.75) is 26.3 Å². The predicted molar refractivity (Wildman–Crippen MR) is 111 cm³/mol. The van der Waals surface area contributed by atoms with Crippen LogP contribution in [-0.2, 0) is 11.3 Å². The Bertz CT molecular complexity index is 979. The predicted octanol–water partition coefficient (Wildman–Crippen LogP) is 3.88. The van der Waals surface area contributed by atoms with Gasteiger partial charge in [0.15, 0.2) is 5.76 Å². The number of nitrogens with zero attached hydrogens (tertiary/aromatic N) is 2. The number of furan rings is 1. The average molecular weight is 410 g/mol. The number of hydrogen-bond donors (Lipinski definition) is 1. The fraction of sp³-hybridized carbons (Fsp3) is 0.318. The van der Waals surface area contributed by atoms with Crippen molar-refractivity contribution in [3.63, 3.8) is 0 Å². The van der Waals surface area contributed by atoms with Gasteiger partial charge in [0.05, 0.1) is 22.9 Å². The van der Waals surface area contributed by atoms with Crippen molar-refractivity contribution in [1.82, 2.24) is 15.2 Å². The molecule has 1 aromatic carbocycles. The minimum atomic E-state index is -0.195. The molecule has 0 saturated carbocycles. The summed E-state index contributed by atoms with van der Waals surface area (Å²) >= 11 is 1.63. The van der Waals surface area contributed by atoms with Crippen LogP contribution in [0.5, 0.6) is 0 Å². The van der Waals surface area contributed by atoms with E-state index in [4.69, 9.17) is 4.42 Å². The van der Waals surface area contributed by atoms with Gasteiger partial charge in [0.25, 0.3) is 5.91 Å². The van der Waals surface area contributed by atoms with Gasteiger partial charge in [-0.1, -0.05) is 24.3 Å². The van der Waals surface area contributed by atoms with Crippen LogP contribution < -0.4 is 5.32 Å². The standard InChI is InChI=1S/C22H23N3O3S/c1-15-24-19(14-29-15)17-8-6-16(7-9-17)12-23-21(26)18-4-2-10-25(13-18)22(27)20-5-3-11-28-20/h3,5-9,11,14,18H,2,4,10,12-13H2,1H3,(H,23,26)/t18-/m0/s1. The Labute approximate surface area is 173 Å². The Morgan fingerprint density at radius 1 is 1.28 bits per heavy atom. The van der Waals surface area contributed by atoms with Crippen LogP contribution in [0.2, 0.25) is 0 Å². The molecule has 1 N–H and O–H groups in total. The second kappa shape index (κ2) is 8.61. The van der Waals surface area contributed by atoms with Crippen molar-refractivity contribution in [3.05, 3.63) is 64.4 Å². The fourth-order valence-corrected chi connectivity index (χ4v) is 4.18. The molecule has 7 heteroatoms. The van der Waals surface area contributed by atoms with E-state index in [1.807, 2.05) is 36.6 Å². The highest BCUT2D eigenvalue weighted by Crippen LogP contribution is 2.22. The van der Waals surface area contributed by atoms with E-state index >= 15 is 0 Å². The van der Waals surface area contributed by atoms with Gasteiger partial charge >= 0.3 is 0 Å². The molecule has 0 radical (unpaired) electrons. The molecule has 0 spiro atoms. The summed E-state index contributed by atoms with van der Waals surface area (Å²) in [6.45, 7) is 3.54. The Kier molecular flexibility index (Phi) is 5.76. The third-order valence-electron chi connectivity index (χ3n) is 5.15. The summed E-state index contributed by atoms with van der Waals surface area (Å²) in [5.41, 5.74) is 3.09. The maximum Gasteiger partial charge on any atom is 0.289 e. The summed E-state index contributed by atoms with van der Waals surface area (Å²) in [7, 11) is 0. The number of carbonyl (C=O) groups excluding carboxylic acids is 2. The molecule has 1 saturated heterocycles. The molecule has 2 amide bonds. The van der Waals surface area contributed by atoms with E-state index in [0.29, 0.717) is 25.4 Å². The average Bonchev–Trinajstić information content (AvgIpc) is 3.44. The second-order valence-corrected chi connectivity index (χ2v) is 8.30. The zero-order valence-electron chi connectivity index (χ0n) is 16.3. The number of carbonyl (C=O) groups is 2. The van der Waals surface area contributed by atoms with Gasteiger partial charge in [0.1, 0.15) is 0 Å². The topological polar surface area (TPSA) is 75.4 Å². The Balaban J connectivity index is 1.31. The molecule has 1 fully saturated rings. The molecule has 0 bridgehead atoms. The van der Waals surface area contributed by atoms with Crippen molar-refractivity contribution in [2.75, 3.05) is 13.1 Å². The summed E-state index contributed by atoms with van der Waals surface area (Å²) in [4.78, 5) is 31.3. The van der Waals surface area contributed by atoms with Gasteiger partial charge in [-0.25, -0.2) is 4.98 Å². The van der Waals surface area contributed by atoms with Gasteiger partial charge < -0.3 is 14.6 Å².